The number of carboxylic acid groups (broad SMARTS) is 3. The summed E-state index contributed by atoms with van der Waals surface area (Å²) >= 11 is 0. The van der Waals surface area contributed by atoms with Crippen molar-refractivity contribution in [2.24, 2.45) is 0 Å². The standard InChI is InChI=1S/C6H9NO6.Cd.Ti/c8-4(9)1-7(2-5(10)11)3-6(12)13;;/h1-3H2,(H,8,9)(H,10,11)(H,12,13);;. The molecule has 0 unspecified atom stereocenters. The van der Waals surface area contributed by atoms with Gasteiger partial charge in [-0.3, -0.25) is 19.3 Å². The molecule has 0 aliphatic rings. The van der Waals surface area contributed by atoms with Crippen LogP contribution < -0.4 is 0 Å². The topological polar surface area (TPSA) is 115 Å². The second-order valence-electron chi connectivity index (χ2n) is 2.33. The van der Waals surface area contributed by atoms with Crippen molar-refractivity contribution >= 4 is 17.9 Å². The van der Waals surface area contributed by atoms with Crippen LogP contribution in [0.2, 0.25) is 0 Å². The number of carboxylic acids is 3. The summed E-state index contributed by atoms with van der Waals surface area (Å²) in [4.78, 5) is 31.2. The fourth-order valence-corrected chi connectivity index (χ4v) is 0.742. The summed E-state index contributed by atoms with van der Waals surface area (Å²) in [5.74, 6) is -3.78. The minimum Gasteiger partial charge on any atom is -0.480 e. The molecule has 0 atom stereocenters. The van der Waals surface area contributed by atoms with E-state index in [9.17, 15) is 14.4 Å². The van der Waals surface area contributed by atoms with Crippen molar-refractivity contribution in [2.75, 3.05) is 19.6 Å². The smallest absolute Gasteiger partial charge is 0.317 e. The molecule has 3 N–H and O–H groups in total. The summed E-state index contributed by atoms with van der Waals surface area (Å²) in [6, 6.07) is 0. The van der Waals surface area contributed by atoms with Crippen LogP contribution in [0.15, 0.2) is 0 Å². The van der Waals surface area contributed by atoms with Gasteiger partial charge in [0.05, 0.1) is 19.6 Å². The molecule has 0 amide bonds. The van der Waals surface area contributed by atoms with Gasteiger partial charge >= 0.3 is 17.9 Å². The molecule has 0 saturated heterocycles. The molecule has 7 nitrogen and oxygen atoms in total. The van der Waals surface area contributed by atoms with Crippen molar-refractivity contribution in [2.45, 2.75) is 0 Å². The fraction of sp³-hybridized carbons (Fsp3) is 0.500. The Morgan fingerprint density at radius 3 is 1.13 bits per heavy atom. The second kappa shape index (κ2) is 10.5. The third-order valence-electron chi connectivity index (χ3n) is 1.08. The summed E-state index contributed by atoms with van der Waals surface area (Å²) < 4.78 is 0. The zero-order valence-corrected chi connectivity index (χ0v) is 13.4. The largest absolute Gasteiger partial charge is 0.480 e. The Hall–Kier alpha value is 0.00636. The third kappa shape index (κ3) is 14.0. The molecule has 0 fully saturated rings. The van der Waals surface area contributed by atoms with Gasteiger partial charge in [-0.05, 0) is 0 Å². The summed E-state index contributed by atoms with van der Waals surface area (Å²) in [7, 11) is 0. The van der Waals surface area contributed by atoms with Crippen LogP contribution in [0.25, 0.3) is 0 Å². The normalized spacial score (nSPS) is 8.60. The van der Waals surface area contributed by atoms with Gasteiger partial charge in [0.1, 0.15) is 0 Å². The van der Waals surface area contributed by atoms with Gasteiger partial charge < -0.3 is 15.3 Å². The molecule has 0 aromatic heterocycles. The Bertz CT molecular complexity index is 198. The second-order valence-corrected chi connectivity index (χ2v) is 2.33. The van der Waals surface area contributed by atoms with Crippen molar-refractivity contribution in [1.29, 1.82) is 0 Å². The monoisotopic (exact) mass is 353 g/mol. The average molecular weight is 351 g/mol. The first-order chi connectivity index (χ1) is 5.91. The maximum absolute atomic E-state index is 10.1. The molecule has 0 radical (unpaired) electrons. The summed E-state index contributed by atoms with van der Waals surface area (Å²) in [6.07, 6.45) is 0. The number of hydrogen-bond acceptors (Lipinski definition) is 4. The molecule has 0 aromatic carbocycles. The van der Waals surface area contributed by atoms with Gasteiger partial charge in [0, 0.05) is 49.0 Å². The van der Waals surface area contributed by atoms with Crippen molar-refractivity contribution in [3.8, 4) is 0 Å². The number of hydrogen-bond donors (Lipinski definition) is 3. The maximum atomic E-state index is 10.1. The molecule has 0 spiro atoms. The van der Waals surface area contributed by atoms with Crippen molar-refractivity contribution in [3.05, 3.63) is 0 Å². The van der Waals surface area contributed by atoms with Crippen LogP contribution in [0, 0.1) is 0 Å². The van der Waals surface area contributed by atoms with Crippen LogP contribution in [0.1, 0.15) is 0 Å². The van der Waals surface area contributed by atoms with Crippen LogP contribution in [-0.4, -0.2) is 57.8 Å². The van der Waals surface area contributed by atoms with Crippen molar-refractivity contribution < 1.29 is 78.7 Å². The molecule has 9 heteroatoms. The molecule has 15 heavy (non-hydrogen) atoms. The molecule has 0 bridgehead atoms. The van der Waals surface area contributed by atoms with Gasteiger partial charge in [-0.15, -0.1) is 0 Å². The molecular formula is C6H9CdNO6Ti. The minimum absolute atomic E-state index is 0. The molecule has 0 saturated carbocycles. The number of rotatable bonds is 6. The van der Waals surface area contributed by atoms with Crippen LogP contribution in [0.3, 0.4) is 0 Å². The van der Waals surface area contributed by atoms with E-state index in [1.54, 1.807) is 0 Å². The Balaban J connectivity index is -0.000000720. The minimum atomic E-state index is -1.26. The van der Waals surface area contributed by atoms with E-state index in [1.165, 1.54) is 0 Å². The third-order valence-corrected chi connectivity index (χ3v) is 1.08. The van der Waals surface area contributed by atoms with Crippen LogP contribution in [0.4, 0.5) is 0 Å². The average Bonchev–Trinajstić information content (AvgIpc) is 1.80. The van der Waals surface area contributed by atoms with E-state index in [0.29, 0.717) is 0 Å². The van der Waals surface area contributed by atoms with Crippen molar-refractivity contribution in [3.63, 3.8) is 0 Å². The molecule has 0 aliphatic heterocycles. The Kier molecular flexibility index (Phi) is 14.3. The molecule has 0 aliphatic carbocycles. The van der Waals surface area contributed by atoms with Gasteiger partial charge in [-0.25, -0.2) is 0 Å². The van der Waals surface area contributed by atoms with Gasteiger partial charge in [0.25, 0.3) is 0 Å². The van der Waals surface area contributed by atoms with Crippen LogP contribution in [0.5, 0.6) is 0 Å². The first-order valence-electron chi connectivity index (χ1n) is 3.29. The van der Waals surface area contributed by atoms with Gasteiger partial charge in [-0.2, -0.15) is 0 Å². The van der Waals surface area contributed by atoms with Gasteiger partial charge in [0.2, 0.25) is 0 Å². The van der Waals surface area contributed by atoms with Crippen LogP contribution >= 0.6 is 0 Å². The Labute approximate surface area is 120 Å². The number of nitrogens with zero attached hydrogens (tertiary/aromatic N) is 1. The van der Waals surface area contributed by atoms with E-state index in [2.05, 4.69) is 0 Å². The summed E-state index contributed by atoms with van der Waals surface area (Å²) in [5, 5.41) is 24.8. The first-order valence-corrected chi connectivity index (χ1v) is 3.29. The quantitative estimate of drug-likeness (QED) is 0.501. The predicted octanol–water partition coefficient (Wildman–Crippen LogP) is -1.46. The molecule has 0 aromatic rings. The molecular weight excluding hydrogens is 342 g/mol. The summed E-state index contributed by atoms with van der Waals surface area (Å²) in [5.41, 5.74) is 0. The zero-order valence-electron chi connectivity index (χ0n) is 7.84. The van der Waals surface area contributed by atoms with E-state index < -0.39 is 37.5 Å². The maximum Gasteiger partial charge on any atom is 0.317 e. The summed E-state index contributed by atoms with van der Waals surface area (Å²) in [6.45, 7) is -1.80. The zero-order chi connectivity index (χ0) is 10.4. The van der Waals surface area contributed by atoms with Gasteiger partial charge in [0.15, 0.2) is 0 Å². The van der Waals surface area contributed by atoms with Gasteiger partial charge in [-0.1, -0.05) is 0 Å². The molecule has 0 heterocycles. The van der Waals surface area contributed by atoms with E-state index in [1.807, 2.05) is 0 Å². The van der Waals surface area contributed by atoms with Crippen LogP contribution in [-0.2, 0) is 63.4 Å². The predicted molar refractivity (Wildman–Crippen MR) is 39.3 cm³/mol. The Morgan fingerprint density at radius 1 is 0.800 bits per heavy atom. The molecule has 80 valence electrons. The number of carbonyl (C=O) groups is 3. The van der Waals surface area contributed by atoms with E-state index in [-0.39, 0.29) is 49.0 Å². The first kappa shape index (κ1) is 20.4. The van der Waals surface area contributed by atoms with E-state index in [0.717, 1.165) is 4.90 Å². The van der Waals surface area contributed by atoms with E-state index in [4.69, 9.17) is 15.3 Å². The SMILES string of the molecule is O=C(O)CN(CC(=O)O)CC(=O)O.[Cd].[Ti]. The Morgan fingerprint density at radius 2 is 1.00 bits per heavy atom. The fourth-order valence-electron chi connectivity index (χ4n) is 0.742. The number of aliphatic carboxylic acids is 3. The van der Waals surface area contributed by atoms with Crippen molar-refractivity contribution in [1.82, 2.24) is 4.90 Å². The molecule has 0 rings (SSSR count). The van der Waals surface area contributed by atoms with E-state index >= 15 is 0 Å².